The molecule has 0 aliphatic rings. The van der Waals surface area contributed by atoms with Gasteiger partial charge in [-0.25, -0.2) is 8.78 Å². The molecule has 19 heavy (non-hydrogen) atoms. The topological polar surface area (TPSA) is 26.0 Å². The molecule has 2 aromatic rings. The van der Waals surface area contributed by atoms with Gasteiger partial charge in [-0.15, -0.1) is 0 Å². The maximum absolute atomic E-state index is 13.6. The first-order valence-corrected chi connectivity index (χ1v) is 6.31. The summed E-state index contributed by atoms with van der Waals surface area (Å²) in [6.07, 6.45) is 0.112. The zero-order valence-electron chi connectivity index (χ0n) is 10.5. The molecule has 0 aliphatic heterocycles. The van der Waals surface area contributed by atoms with Gasteiger partial charge in [-0.2, -0.15) is 0 Å². The first-order valence-electron chi connectivity index (χ1n) is 5.93. The molecule has 0 bridgehead atoms. The molecule has 1 nitrogen and oxygen atoms in total. The van der Waals surface area contributed by atoms with Gasteiger partial charge < -0.3 is 5.73 Å². The lowest BCUT2D eigenvalue weighted by Crippen LogP contribution is -2.16. The molecule has 1 unspecified atom stereocenters. The predicted octanol–water partition coefficient (Wildman–Crippen LogP) is 4.17. The van der Waals surface area contributed by atoms with E-state index in [0.29, 0.717) is 5.02 Å². The van der Waals surface area contributed by atoms with E-state index in [9.17, 15) is 8.78 Å². The van der Waals surface area contributed by atoms with Gasteiger partial charge in [-0.1, -0.05) is 23.7 Å². The van der Waals surface area contributed by atoms with Crippen LogP contribution in [0.25, 0.3) is 0 Å². The summed E-state index contributed by atoms with van der Waals surface area (Å²) >= 11 is 5.87. The molecule has 1 atom stereocenters. The molecule has 0 saturated heterocycles. The zero-order valence-corrected chi connectivity index (χ0v) is 11.2. The van der Waals surface area contributed by atoms with Crippen molar-refractivity contribution in [2.75, 3.05) is 0 Å². The Morgan fingerprint density at radius 2 is 1.79 bits per heavy atom. The highest BCUT2D eigenvalue weighted by Gasteiger charge is 2.15. The van der Waals surface area contributed by atoms with Crippen LogP contribution in [0.15, 0.2) is 36.4 Å². The molecule has 0 fully saturated rings. The lowest BCUT2D eigenvalue weighted by Gasteiger charge is -2.16. The fourth-order valence-electron chi connectivity index (χ4n) is 2.11. The number of halogens is 3. The van der Waals surface area contributed by atoms with Gasteiger partial charge in [-0.05, 0) is 48.7 Å². The first kappa shape index (κ1) is 14.0. The smallest absolute Gasteiger partial charge is 0.129 e. The van der Waals surface area contributed by atoms with Crippen LogP contribution in [-0.4, -0.2) is 0 Å². The molecule has 0 radical (unpaired) electrons. The van der Waals surface area contributed by atoms with Crippen LogP contribution in [-0.2, 0) is 6.42 Å². The van der Waals surface area contributed by atoms with E-state index in [1.54, 1.807) is 18.2 Å². The van der Waals surface area contributed by atoms with E-state index in [0.717, 1.165) is 11.1 Å². The fourth-order valence-corrected chi connectivity index (χ4v) is 2.34. The van der Waals surface area contributed by atoms with E-state index in [1.807, 2.05) is 6.92 Å². The third kappa shape index (κ3) is 3.11. The van der Waals surface area contributed by atoms with E-state index >= 15 is 0 Å². The van der Waals surface area contributed by atoms with Crippen LogP contribution < -0.4 is 5.73 Å². The van der Waals surface area contributed by atoms with Gasteiger partial charge in [0.25, 0.3) is 0 Å². The summed E-state index contributed by atoms with van der Waals surface area (Å²) in [6, 6.07) is 8.65. The van der Waals surface area contributed by atoms with E-state index in [-0.39, 0.29) is 12.0 Å². The van der Waals surface area contributed by atoms with E-state index < -0.39 is 17.7 Å². The number of rotatable bonds is 3. The molecule has 0 aromatic heterocycles. The van der Waals surface area contributed by atoms with Crippen molar-refractivity contribution in [3.63, 3.8) is 0 Å². The van der Waals surface area contributed by atoms with Crippen molar-refractivity contribution in [3.8, 4) is 0 Å². The van der Waals surface area contributed by atoms with Gasteiger partial charge in [0.1, 0.15) is 11.6 Å². The highest BCUT2D eigenvalue weighted by atomic mass is 35.5. The number of benzene rings is 2. The van der Waals surface area contributed by atoms with Crippen molar-refractivity contribution >= 4 is 11.6 Å². The quantitative estimate of drug-likeness (QED) is 0.898. The van der Waals surface area contributed by atoms with E-state index in [2.05, 4.69) is 0 Å². The lowest BCUT2D eigenvalue weighted by atomic mass is 9.95. The summed E-state index contributed by atoms with van der Waals surface area (Å²) < 4.78 is 27.1. The standard InChI is InChI=1S/C15H14ClF2N/c1-9-7-10(16)5-6-11(9)15(19)8-12-13(17)3-2-4-14(12)18/h2-7,15H,8,19H2,1H3. The van der Waals surface area contributed by atoms with Crippen molar-refractivity contribution in [1.29, 1.82) is 0 Å². The average molecular weight is 282 g/mol. The van der Waals surface area contributed by atoms with Crippen LogP contribution in [0.2, 0.25) is 5.02 Å². The summed E-state index contributed by atoms with van der Waals surface area (Å²) in [7, 11) is 0. The van der Waals surface area contributed by atoms with Crippen molar-refractivity contribution in [1.82, 2.24) is 0 Å². The van der Waals surface area contributed by atoms with Gasteiger partial charge in [0, 0.05) is 16.6 Å². The minimum Gasteiger partial charge on any atom is -0.324 e. The Morgan fingerprint density at radius 3 is 2.37 bits per heavy atom. The van der Waals surface area contributed by atoms with Crippen molar-refractivity contribution < 1.29 is 8.78 Å². The normalized spacial score (nSPS) is 12.5. The molecule has 0 saturated carbocycles. The highest BCUT2D eigenvalue weighted by molar-refractivity contribution is 6.30. The molecule has 0 heterocycles. The lowest BCUT2D eigenvalue weighted by molar-refractivity contribution is 0.539. The van der Waals surface area contributed by atoms with Crippen molar-refractivity contribution in [2.24, 2.45) is 5.73 Å². The second-order valence-electron chi connectivity index (χ2n) is 4.51. The van der Waals surface area contributed by atoms with Crippen molar-refractivity contribution in [2.45, 2.75) is 19.4 Å². The Bertz CT molecular complexity index is 578. The molecule has 0 spiro atoms. The molecule has 0 amide bonds. The first-order chi connectivity index (χ1) is 8.99. The van der Waals surface area contributed by atoms with Gasteiger partial charge >= 0.3 is 0 Å². The fraction of sp³-hybridized carbons (Fsp3) is 0.200. The Morgan fingerprint density at radius 1 is 1.16 bits per heavy atom. The number of nitrogens with two attached hydrogens (primary N) is 1. The zero-order chi connectivity index (χ0) is 14.0. The maximum Gasteiger partial charge on any atom is 0.129 e. The number of aryl methyl sites for hydroxylation is 1. The molecular weight excluding hydrogens is 268 g/mol. The second kappa shape index (κ2) is 5.68. The summed E-state index contributed by atoms with van der Waals surface area (Å²) in [5.41, 5.74) is 7.81. The van der Waals surface area contributed by atoms with Crippen LogP contribution in [0.5, 0.6) is 0 Å². The van der Waals surface area contributed by atoms with Crippen LogP contribution in [0.4, 0.5) is 8.78 Å². The number of hydrogen-bond acceptors (Lipinski definition) is 1. The Balaban J connectivity index is 2.28. The van der Waals surface area contributed by atoms with Gasteiger partial charge in [0.15, 0.2) is 0 Å². The highest BCUT2D eigenvalue weighted by Crippen LogP contribution is 2.24. The third-order valence-corrected chi connectivity index (χ3v) is 3.35. The Kier molecular flexibility index (Phi) is 4.17. The van der Waals surface area contributed by atoms with Crippen molar-refractivity contribution in [3.05, 3.63) is 69.7 Å². The predicted molar refractivity (Wildman–Crippen MR) is 73.2 cm³/mol. The molecule has 2 aromatic carbocycles. The Labute approximate surface area is 116 Å². The van der Waals surface area contributed by atoms with Crippen LogP contribution in [0, 0.1) is 18.6 Å². The minimum absolute atomic E-state index is 0.0179. The third-order valence-electron chi connectivity index (χ3n) is 3.12. The molecule has 100 valence electrons. The maximum atomic E-state index is 13.6. The Hall–Kier alpha value is -1.45. The van der Waals surface area contributed by atoms with Crippen LogP contribution in [0.1, 0.15) is 22.7 Å². The second-order valence-corrected chi connectivity index (χ2v) is 4.95. The SMILES string of the molecule is Cc1cc(Cl)ccc1C(N)Cc1c(F)cccc1F. The minimum atomic E-state index is -0.568. The summed E-state index contributed by atoms with van der Waals surface area (Å²) in [6.45, 7) is 1.87. The summed E-state index contributed by atoms with van der Waals surface area (Å²) in [5.74, 6) is -1.14. The largest absolute Gasteiger partial charge is 0.324 e. The van der Waals surface area contributed by atoms with Gasteiger partial charge in [0.05, 0.1) is 0 Å². The van der Waals surface area contributed by atoms with E-state index in [4.69, 9.17) is 17.3 Å². The summed E-state index contributed by atoms with van der Waals surface area (Å²) in [5, 5.41) is 0.616. The molecule has 4 heteroatoms. The monoisotopic (exact) mass is 281 g/mol. The van der Waals surface area contributed by atoms with Crippen LogP contribution in [0.3, 0.4) is 0 Å². The number of hydrogen-bond donors (Lipinski definition) is 1. The molecule has 2 N–H and O–H groups in total. The molecular formula is C15H14ClF2N. The average Bonchev–Trinajstić information content (AvgIpc) is 2.33. The summed E-state index contributed by atoms with van der Waals surface area (Å²) in [4.78, 5) is 0. The van der Waals surface area contributed by atoms with Crippen LogP contribution >= 0.6 is 11.6 Å². The van der Waals surface area contributed by atoms with Gasteiger partial charge in [-0.3, -0.25) is 0 Å². The van der Waals surface area contributed by atoms with E-state index in [1.165, 1.54) is 18.2 Å². The van der Waals surface area contributed by atoms with Gasteiger partial charge in [0.2, 0.25) is 0 Å². The molecule has 2 rings (SSSR count). The molecule has 0 aliphatic carbocycles.